The molecule has 1 saturated heterocycles. The van der Waals surface area contributed by atoms with Crippen molar-refractivity contribution in [1.29, 1.82) is 0 Å². The zero-order chi connectivity index (χ0) is 17.1. The second-order valence-corrected chi connectivity index (χ2v) is 4.20. The number of carbonyl (C=O) groups is 3. The maximum Gasteiger partial charge on any atom is 0.491 e. The lowest BCUT2D eigenvalue weighted by atomic mass is 10.1. The molecule has 6 nitrogen and oxygen atoms in total. The van der Waals surface area contributed by atoms with E-state index in [1.54, 1.807) is 0 Å². The molecule has 1 fully saturated rings. The Bertz CT molecular complexity index is 460. The molecule has 1 aliphatic rings. The van der Waals surface area contributed by atoms with Gasteiger partial charge in [-0.25, -0.2) is 14.4 Å². The van der Waals surface area contributed by atoms with Crippen LogP contribution in [0.5, 0.6) is 0 Å². The number of esters is 2. The van der Waals surface area contributed by atoms with Crippen LogP contribution in [0.15, 0.2) is 0 Å². The van der Waals surface area contributed by atoms with Gasteiger partial charge in [0.05, 0.1) is 0 Å². The molecule has 12 heteroatoms. The van der Waals surface area contributed by atoms with E-state index in [9.17, 15) is 40.7 Å². The monoisotopic (exact) mass is 337 g/mol. The van der Waals surface area contributed by atoms with Gasteiger partial charge < -0.3 is 9.47 Å². The predicted molar refractivity (Wildman–Crippen MR) is 54.0 cm³/mol. The quantitative estimate of drug-likeness (QED) is 0.416. The van der Waals surface area contributed by atoms with Crippen LogP contribution < -0.4 is 0 Å². The summed E-state index contributed by atoms with van der Waals surface area (Å²) in [6, 6.07) is 0. The Hall–Kier alpha value is -2.01. The van der Waals surface area contributed by atoms with E-state index < -0.39 is 36.6 Å². The fraction of sp³-hybridized carbons (Fsp3) is 0.700. The van der Waals surface area contributed by atoms with Crippen molar-refractivity contribution in [2.24, 2.45) is 0 Å². The third-order valence-electron chi connectivity index (χ3n) is 2.57. The Morgan fingerprint density at radius 3 is 1.95 bits per heavy atom. The molecule has 1 aliphatic heterocycles. The molecule has 0 aromatic carbocycles. The zero-order valence-electron chi connectivity index (χ0n) is 10.7. The molecule has 1 amide bonds. The molecule has 0 aliphatic carbocycles. The summed E-state index contributed by atoms with van der Waals surface area (Å²) >= 11 is 0. The highest BCUT2D eigenvalue weighted by Gasteiger charge is 2.46. The van der Waals surface area contributed by atoms with Crippen molar-refractivity contribution < 1.29 is 50.2 Å². The molecular formula is C10H9F6NO5. The molecule has 126 valence electrons. The molecule has 1 heterocycles. The Kier molecular flexibility index (Phi) is 5.25. The second-order valence-electron chi connectivity index (χ2n) is 4.20. The summed E-state index contributed by atoms with van der Waals surface area (Å²) in [4.78, 5) is 33.0. The first-order valence-corrected chi connectivity index (χ1v) is 5.80. The molecule has 1 rings (SSSR count). The Labute approximate surface area is 118 Å². The first kappa shape index (κ1) is 18.0. The molecule has 0 N–H and O–H groups in total. The van der Waals surface area contributed by atoms with Gasteiger partial charge in [-0.1, -0.05) is 0 Å². The van der Waals surface area contributed by atoms with Gasteiger partial charge in [0.2, 0.25) is 0 Å². The highest BCUT2D eigenvalue weighted by molar-refractivity contribution is 5.88. The number of hydrogen-bond donors (Lipinski definition) is 0. The van der Waals surface area contributed by atoms with Crippen LogP contribution in [-0.2, 0) is 19.1 Å². The fourth-order valence-electron chi connectivity index (χ4n) is 1.62. The molecule has 0 spiro atoms. The molecule has 22 heavy (non-hydrogen) atoms. The first-order valence-electron chi connectivity index (χ1n) is 5.80. The third-order valence-corrected chi connectivity index (χ3v) is 2.57. The van der Waals surface area contributed by atoms with Gasteiger partial charge in [-0.15, -0.1) is 0 Å². The number of hydrogen-bond acceptors (Lipinski definition) is 5. The van der Waals surface area contributed by atoms with Gasteiger partial charge in [-0.05, 0) is 12.8 Å². The average molecular weight is 337 g/mol. The first-order chi connectivity index (χ1) is 9.93. The van der Waals surface area contributed by atoms with Crippen molar-refractivity contribution in [2.45, 2.75) is 37.8 Å². The minimum absolute atomic E-state index is 0.225. The molecule has 1 unspecified atom stereocenters. The number of amides is 1. The van der Waals surface area contributed by atoms with E-state index in [0.29, 0.717) is 4.90 Å². The number of nitrogens with zero attached hydrogens (tertiary/aromatic N) is 1. The van der Waals surface area contributed by atoms with Crippen LogP contribution in [0, 0.1) is 0 Å². The van der Waals surface area contributed by atoms with Crippen molar-refractivity contribution in [3.8, 4) is 0 Å². The number of carbonyl (C=O) groups excluding carboxylic acids is 3. The Morgan fingerprint density at radius 2 is 1.45 bits per heavy atom. The van der Waals surface area contributed by atoms with E-state index >= 15 is 0 Å². The fourth-order valence-corrected chi connectivity index (χ4v) is 1.62. The lowest BCUT2D eigenvalue weighted by molar-refractivity contribution is -0.214. The van der Waals surface area contributed by atoms with E-state index in [1.807, 2.05) is 0 Å². The molecule has 0 aromatic heterocycles. The summed E-state index contributed by atoms with van der Waals surface area (Å²) in [7, 11) is 0. The van der Waals surface area contributed by atoms with Crippen LogP contribution in [0.1, 0.15) is 19.3 Å². The van der Waals surface area contributed by atoms with E-state index in [2.05, 4.69) is 9.47 Å². The minimum atomic E-state index is -5.44. The van der Waals surface area contributed by atoms with Gasteiger partial charge in [0.25, 0.3) is 0 Å². The topological polar surface area (TPSA) is 72.9 Å². The van der Waals surface area contributed by atoms with Crippen LogP contribution in [0.4, 0.5) is 31.1 Å². The normalized spacial score (nSPS) is 19.5. The molecular weight excluding hydrogens is 328 g/mol. The summed E-state index contributed by atoms with van der Waals surface area (Å²) in [6.45, 7) is -0.320. The van der Waals surface area contributed by atoms with Gasteiger partial charge in [0.1, 0.15) is 0 Å². The van der Waals surface area contributed by atoms with E-state index in [4.69, 9.17) is 0 Å². The lowest BCUT2D eigenvalue weighted by Crippen LogP contribution is -2.49. The molecule has 0 aromatic rings. The van der Waals surface area contributed by atoms with Gasteiger partial charge in [-0.2, -0.15) is 26.3 Å². The van der Waals surface area contributed by atoms with Crippen molar-refractivity contribution in [1.82, 2.24) is 4.90 Å². The number of likely N-dealkylation sites (tertiary alicyclic amines) is 1. The van der Waals surface area contributed by atoms with Gasteiger partial charge in [-0.3, -0.25) is 4.90 Å². The van der Waals surface area contributed by atoms with Gasteiger partial charge in [0, 0.05) is 13.0 Å². The Balaban J connectivity index is 2.75. The highest BCUT2D eigenvalue weighted by Crippen LogP contribution is 2.25. The summed E-state index contributed by atoms with van der Waals surface area (Å²) in [6.07, 6.45) is -14.1. The lowest BCUT2D eigenvalue weighted by Gasteiger charge is -2.33. The third kappa shape index (κ3) is 4.77. The van der Waals surface area contributed by atoms with Crippen LogP contribution in [-0.4, -0.2) is 48.1 Å². The zero-order valence-corrected chi connectivity index (χ0v) is 10.7. The number of ether oxygens (including phenoxy) is 2. The standard InChI is InChI=1S/C10H9F6NO5/c11-9(12,13)6(18)21-5-3-1-2-4-17(5)8(20)22-7(19)10(14,15)16/h5H,1-4H2. The molecule has 1 atom stereocenters. The summed E-state index contributed by atoms with van der Waals surface area (Å²) in [5, 5.41) is 0. The highest BCUT2D eigenvalue weighted by atomic mass is 19.4. The molecule has 0 radical (unpaired) electrons. The summed E-state index contributed by atoms with van der Waals surface area (Å²) in [5.74, 6) is -5.41. The summed E-state index contributed by atoms with van der Waals surface area (Å²) < 4.78 is 79.7. The second kappa shape index (κ2) is 6.40. The maximum absolute atomic E-state index is 12.1. The van der Waals surface area contributed by atoms with E-state index in [1.165, 1.54) is 0 Å². The average Bonchev–Trinajstić information content (AvgIpc) is 2.36. The number of piperidine rings is 1. The Morgan fingerprint density at radius 1 is 0.909 bits per heavy atom. The van der Waals surface area contributed by atoms with Crippen LogP contribution >= 0.6 is 0 Å². The van der Waals surface area contributed by atoms with E-state index in [-0.39, 0.29) is 25.8 Å². The van der Waals surface area contributed by atoms with Crippen LogP contribution in [0.2, 0.25) is 0 Å². The molecule has 0 saturated carbocycles. The van der Waals surface area contributed by atoms with Gasteiger partial charge >= 0.3 is 30.4 Å². The van der Waals surface area contributed by atoms with Gasteiger partial charge in [0.15, 0.2) is 6.23 Å². The smallest absolute Gasteiger partial charge is 0.435 e. The number of halogens is 6. The predicted octanol–water partition coefficient (Wildman–Crippen LogP) is 2.13. The molecule has 0 bridgehead atoms. The van der Waals surface area contributed by atoms with Crippen LogP contribution in [0.25, 0.3) is 0 Å². The summed E-state index contributed by atoms with van der Waals surface area (Å²) in [5.41, 5.74) is 0. The van der Waals surface area contributed by atoms with Crippen molar-refractivity contribution in [2.75, 3.05) is 6.54 Å². The SMILES string of the molecule is O=C(OC(=O)C(F)(F)F)N1CCCCC1OC(=O)C(F)(F)F. The van der Waals surface area contributed by atoms with Crippen molar-refractivity contribution >= 4 is 18.0 Å². The number of alkyl halides is 6. The minimum Gasteiger partial charge on any atom is -0.435 e. The van der Waals surface area contributed by atoms with Crippen molar-refractivity contribution in [3.63, 3.8) is 0 Å². The number of rotatable bonds is 1. The van der Waals surface area contributed by atoms with Crippen LogP contribution in [0.3, 0.4) is 0 Å². The van der Waals surface area contributed by atoms with Crippen molar-refractivity contribution in [3.05, 3.63) is 0 Å². The largest absolute Gasteiger partial charge is 0.491 e. The maximum atomic E-state index is 12.1. The van der Waals surface area contributed by atoms with E-state index in [0.717, 1.165) is 0 Å².